The van der Waals surface area contributed by atoms with Crippen LogP contribution in [0.3, 0.4) is 0 Å². The van der Waals surface area contributed by atoms with Crippen molar-refractivity contribution in [3.63, 3.8) is 0 Å². The van der Waals surface area contributed by atoms with Crippen molar-refractivity contribution in [2.75, 3.05) is 20.3 Å². The van der Waals surface area contributed by atoms with Crippen LogP contribution in [0.25, 0.3) is 0 Å². The Bertz CT molecular complexity index is 1340. The minimum atomic E-state index is -1.32. The van der Waals surface area contributed by atoms with Crippen molar-refractivity contribution >= 4 is 52.2 Å². The SMILES string of the molecule is COCCOc1ncc(F)cc1C(=O)N[C@@H]1N=C(c2c(Cl)cc(Cl)cc2Cl)c2ccccc2CC1=O. The number of nitrogens with one attached hydrogen (secondary N) is 1. The number of pyridine rings is 1. The smallest absolute Gasteiger partial charge is 0.258 e. The van der Waals surface area contributed by atoms with Crippen LogP contribution in [0.1, 0.15) is 27.0 Å². The number of fused-ring (bicyclic) bond motifs is 1. The lowest BCUT2D eigenvalue weighted by molar-refractivity contribution is -0.120. The predicted molar refractivity (Wildman–Crippen MR) is 135 cm³/mol. The van der Waals surface area contributed by atoms with Gasteiger partial charge < -0.3 is 14.8 Å². The topological polar surface area (TPSA) is 89.9 Å². The minimum absolute atomic E-state index is 0.0183. The minimum Gasteiger partial charge on any atom is -0.475 e. The van der Waals surface area contributed by atoms with E-state index < -0.39 is 23.7 Å². The lowest BCUT2D eigenvalue weighted by atomic mass is 9.96. The van der Waals surface area contributed by atoms with Crippen molar-refractivity contribution in [1.29, 1.82) is 0 Å². The summed E-state index contributed by atoms with van der Waals surface area (Å²) >= 11 is 19.0. The Morgan fingerprint density at radius 2 is 1.86 bits per heavy atom. The van der Waals surface area contributed by atoms with Crippen LogP contribution in [0.15, 0.2) is 53.7 Å². The van der Waals surface area contributed by atoms with E-state index in [1.165, 1.54) is 19.2 Å². The molecule has 1 aliphatic heterocycles. The van der Waals surface area contributed by atoms with Gasteiger partial charge in [0.2, 0.25) is 5.88 Å². The van der Waals surface area contributed by atoms with Crippen molar-refractivity contribution < 1.29 is 23.5 Å². The zero-order valence-corrected chi connectivity index (χ0v) is 21.1. The van der Waals surface area contributed by atoms with E-state index in [0.717, 1.165) is 12.3 Å². The Morgan fingerprint density at radius 3 is 2.58 bits per heavy atom. The summed E-state index contributed by atoms with van der Waals surface area (Å²) in [6, 6.07) is 11.1. The number of nitrogens with zero attached hydrogens (tertiary/aromatic N) is 2. The molecule has 4 rings (SSSR count). The molecular formula is C25H19Cl3FN3O4. The third kappa shape index (κ3) is 5.68. The van der Waals surface area contributed by atoms with E-state index in [9.17, 15) is 14.0 Å². The molecule has 0 spiro atoms. The average Bonchev–Trinajstić information content (AvgIpc) is 2.96. The van der Waals surface area contributed by atoms with Gasteiger partial charge in [-0.3, -0.25) is 14.6 Å². The van der Waals surface area contributed by atoms with Gasteiger partial charge in [0.15, 0.2) is 11.9 Å². The Kier molecular flexibility index (Phi) is 8.21. The summed E-state index contributed by atoms with van der Waals surface area (Å²) < 4.78 is 24.3. The largest absolute Gasteiger partial charge is 0.475 e. The van der Waals surface area contributed by atoms with Gasteiger partial charge in [0, 0.05) is 29.7 Å². The first-order chi connectivity index (χ1) is 17.3. The molecule has 0 radical (unpaired) electrons. The molecule has 1 aliphatic rings. The molecule has 1 N–H and O–H groups in total. The molecule has 2 heterocycles. The highest BCUT2D eigenvalue weighted by molar-refractivity contribution is 6.43. The van der Waals surface area contributed by atoms with E-state index in [-0.39, 0.29) is 41.1 Å². The van der Waals surface area contributed by atoms with Crippen LogP contribution in [0.2, 0.25) is 15.1 Å². The molecular weight excluding hydrogens is 532 g/mol. The van der Waals surface area contributed by atoms with Crippen LogP contribution >= 0.6 is 34.8 Å². The molecule has 0 aliphatic carbocycles. The Labute approximate surface area is 221 Å². The Hall–Kier alpha value is -3.04. The van der Waals surface area contributed by atoms with Gasteiger partial charge in [0.1, 0.15) is 18.0 Å². The Balaban J connectivity index is 1.75. The van der Waals surface area contributed by atoms with Gasteiger partial charge in [-0.05, 0) is 23.8 Å². The van der Waals surface area contributed by atoms with Crippen LogP contribution in [0.4, 0.5) is 4.39 Å². The summed E-state index contributed by atoms with van der Waals surface area (Å²) in [6.07, 6.45) is -0.416. The van der Waals surface area contributed by atoms with Gasteiger partial charge in [-0.15, -0.1) is 0 Å². The van der Waals surface area contributed by atoms with Crippen molar-refractivity contribution in [3.05, 3.63) is 91.8 Å². The fraction of sp³-hybridized carbons (Fsp3) is 0.200. The lowest BCUT2D eigenvalue weighted by Gasteiger charge is -2.16. The van der Waals surface area contributed by atoms with Crippen LogP contribution < -0.4 is 10.1 Å². The number of halogens is 4. The van der Waals surface area contributed by atoms with Crippen LogP contribution in [0, 0.1) is 5.82 Å². The second kappa shape index (κ2) is 11.3. The Morgan fingerprint density at radius 1 is 1.14 bits per heavy atom. The summed E-state index contributed by atoms with van der Waals surface area (Å²) in [5.41, 5.74) is 1.78. The standard InChI is InChI=1S/C25H19Cl3FN3O4/c1-35-6-7-36-25-17(11-15(29)12-30-25)24(34)32-23-20(33)8-13-4-2-3-5-16(13)22(31-23)21-18(27)9-14(26)10-19(21)28/h2-5,9-12,23H,6-8H2,1H3,(H,32,34)/t23-/m0/s1. The van der Waals surface area contributed by atoms with Gasteiger partial charge in [-0.25, -0.2) is 9.37 Å². The van der Waals surface area contributed by atoms with E-state index in [2.05, 4.69) is 15.3 Å². The summed E-state index contributed by atoms with van der Waals surface area (Å²) in [5.74, 6) is -2.04. The normalized spacial score (nSPS) is 15.1. The van der Waals surface area contributed by atoms with E-state index in [1.54, 1.807) is 24.3 Å². The summed E-state index contributed by atoms with van der Waals surface area (Å²) in [7, 11) is 1.49. The quantitative estimate of drug-likeness (QED) is 0.422. The number of aliphatic imine (C=N–C) groups is 1. The first-order valence-electron chi connectivity index (χ1n) is 10.7. The van der Waals surface area contributed by atoms with E-state index in [1.807, 2.05) is 0 Å². The zero-order chi connectivity index (χ0) is 25.8. The van der Waals surface area contributed by atoms with Gasteiger partial charge in [-0.2, -0.15) is 0 Å². The van der Waals surface area contributed by atoms with E-state index >= 15 is 0 Å². The summed E-state index contributed by atoms with van der Waals surface area (Å²) in [4.78, 5) is 34.7. The van der Waals surface area contributed by atoms with Gasteiger partial charge in [-0.1, -0.05) is 59.1 Å². The molecule has 3 aromatic rings. The summed E-state index contributed by atoms with van der Waals surface area (Å²) in [5, 5.41) is 3.34. The molecule has 11 heteroatoms. The molecule has 7 nitrogen and oxygen atoms in total. The zero-order valence-electron chi connectivity index (χ0n) is 18.9. The summed E-state index contributed by atoms with van der Waals surface area (Å²) in [6.45, 7) is 0.318. The molecule has 0 fully saturated rings. The van der Waals surface area contributed by atoms with Crippen LogP contribution in [-0.4, -0.2) is 48.9 Å². The first-order valence-corrected chi connectivity index (χ1v) is 11.8. The first kappa shape index (κ1) is 26.0. The van der Waals surface area contributed by atoms with Crippen molar-refractivity contribution in [2.24, 2.45) is 4.99 Å². The number of benzene rings is 2. The number of ether oxygens (including phenoxy) is 2. The molecule has 0 unspecified atom stereocenters. The van der Waals surface area contributed by atoms with E-state index in [4.69, 9.17) is 44.3 Å². The molecule has 0 bridgehead atoms. The highest BCUT2D eigenvalue weighted by atomic mass is 35.5. The second-order valence-electron chi connectivity index (χ2n) is 7.75. The van der Waals surface area contributed by atoms with Crippen LogP contribution in [-0.2, 0) is 16.0 Å². The maximum atomic E-state index is 13.9. The lowest BCUT2D eigenvalue weighted by Crippen LogP contribution is -2.40. The molecule has 1 amide bonds. The molecule has 36 heavy (non-hydrogen) atoms. The molecule has 1 atom stereocenters. The highest BCUT2D eigenvalue weighted by Gasteiger charge is 2.30. The van der Waals surface area contributed by atoms with Crippen molar-refractivity contribution in [2.45, 2.75) is 12.6 Å². The maximum Gasteiger partial charge on any atom is 0.258 e. The number of carbonyl (C=O) groups is 2. The number of hydrogen-bond acceptors (Lipinski definition) is 6. The fourth-order valence-corrected chi connectivity index (χ4v) is 4.66. The van der Waals surface area contributed by atoms with E-state index in [0.29, 0.717) is 27.4 Å². The molecule has 0 saturated heterocycles. The number of Topliss-reactive ketones (excluding diaryl/α,β-unsaturated/α-hetero) is 1. The van der Waals surface area contributed by atoms with Gasteiger partial charge in [0.05, 0.1) is 28.6 Å². The highest BCUT2D eigenvalue weighted by Crippen LogP contribution is 2.33. The number of ketones is 1. The predicted octanol–water partition coefficient (Wildman–Crippen LogP) is 4.92. The number of hydrogen-bond donors (Lipinski definition) is 1. The molecule has 2 aromatic carbocycles. The number of carbonyl (C=O) groups excluding carboxylic acids is 2. The van der Waals surface area contributed by atoms with Crippen molar-refractivity contribution in [3.8, 4) is 5.88 Å². The number of rotatable bonds is 7. The number of methoxy groups -OCH3 is 1. The molecule has 0 saturated carbocycles. The monoisotopic (exact) mass is 549 g/mol. The number of amides is 1. The third-order valence-electron chi connectivity index (χ3n) is 5.30. The third-order valence-corrected chi connectivity index (χ3v) is 6.11. The van der Waals surface area contributed by atoms with Gasteiger partial charge in [0.25, 0.3) is 5.91 Å². The maximum absolute atomic E-state index is 13.9. The number of aromatic nitrogens is 1. The van der Waals surface area contributed by atoms with Crippen LogP contribution in [0.5, 0.6) is 5.88 Å². The average molecular weight is 551 g/mol. The molecule has 186 valence electrons. The fourth-order valence-electron chi connectivity index (χ4n) is 3.67. The van der Waals surface area contributed by atoms with Crippen molar-refractivity contribution in [1.82, 2.24) is 10.3 Å². The van der Waals surface area contributed by atoms with Gasteiger partial charge >= 0.3 is 0 Å². The second-order valence-corrected chi connectivity index (χ2v) is 9.00. The molecule has 1 aromatic heterocycles.